The predicted molar refractivity (Wildman–Crippen MR) is 118 cm³/mol. The van der Waals surface area contributed by atoms with Crippen molar-refractivity contribution in [2.75, 3.05) is 39.3 Å². The van der Waals surface area contributed by atoms with Crippen molar-refractivity contribution in [1.29, 1.82) is 0 Å². The summed E-state index contributed by atoms with van der Waals surface area (Å²) in [5, 5.41) is 3.29. The quantitative estimate of drug-likeness (QED) is 0.286. The Bertz CT molecular complexity index is 489. The van der Waals surface area contributed by atoms with Crippen molar-refractivity contribution in [2.45, 2.75) is 53.1 Å². The Labute approximate surface area is 176 Å². The zero-order valence-corrected chi connectivity index (χ0v) is 19.2. The standard InChI is InChI=1S/C19H34N4O2.HI/c1-7-12-21-17(20-8-2)23-13-10-16(11-14-23)15-22(9-3)18(24)25-19(4,5)6;/h1,16H,8-15H2,2-6H3,(H,20,21);1H. The van der Waals surface area contributed by atoms with E-state index in [0.29, 0.717) is 19.0 Å². The first-order valence-corrected chi connectivity index (χ1v) is 9.25. The number of carbonyl (C=O) groups excluding carboxylic acids is 1. The molecule has 1 aliphatic heterocycles. The van der Waals surface area contributed by atoms with Gasteiger partial charge in [0.15, 0.2) is 5.96 Å². The summed E-state index contributed by atoms with van der Waals surface area (Å²) in [5.74, 6) is 3.93. The average Bonchev–Trinajstić information content (AvgIpc) is 2.55. The Balaban J connectivity index is 0.00000625. The predicted octanol–water partition coefficient (Wildman–Crippen LogP) is 3.17. The van der Waals surface area contributed by atoms with Gasteiger partial charge in [-0.05, 0) is 53.4 Å². The number of ether oxygens (including phenoxy) is 1. The Hall–Kier alpha value is -1.17. The fraction of sp³-hybridized carbons (Fsp3) is 0.789. The van der Waals surface area contributed by atoms with Gasteiger partial charge in [0, 0.05) is 32.7 Å². The van der Waals surface area contributed by atoms with Crippen molar-refractivity contribution in [3.05, 3.63) is 0 Å². The molecule has 0 saturated carbocycles. The summed E-state index contributed by atoms with van der Waals surface area (Å²) in [6.45, 7) is 14.2. The maximum Gasteiger partial charge on any atom is 0.410 e. The number of rotatable bonds is 5. The molecule has 1 saturated heterocycles. The summed E-state index contributed by atoms with van der Waals surface area (Å²) in [4.78, 5) is 20.8. The van der Waals surface area contributed by atoms with Gasteiger partial charge < -0.3 is 19.9 Å². The fourth-order valence-electron chi connectivity index (χ4n) is 2.84. The Morgan fingerprint density at radius 3 is 2.42 bits per heavy atom. The van der Waals surface area contributed by atoms with Crippen LogP contribution in [-0.2, 0) is 4.74 Å². The highest BCUT2D eigenvalue weighted by molar-refractivity contribution is 14.0. The SMILES string of the molecule is C#CCN=C(NCC)N1CCC(CN(CC)C(=O)OC(C)(C)C)CC1.I. The minimum atomic E-state index is -0.456. The van der Waals surface area contributed by atoms with Crippen LogP contribution in [0.3, 0.4) is 0 Å². The molecule has 0 atom stereocenters. The number of amides is 1. The third-order valence-corrected chi connectivity index (χ3v) is 4.08. The third-order valence-electron chi connectivity index (χ3n) is 4.08. The number of nitrogens with zero attached hydrogens (tertiary/aromatic N) is 3. The van der Waals surface area contributed by atoms with Crippen LogP contribution in [-0.4, -0.2) is 66.7 Å². The lowest BCUT2D eigenvalue weighted by atomic mass is 9.96. The van der Waals surface area contributed by atoms with Gasteiger partial charge in [-0.1, -0.05) is 5.92 Å². The summed E-state index contributed by atoms with van der Waals surface area (Å²) in [5.41, 5.74) is -0.456. The number of carbonyl (C=O) groups is 1. The molecular weight excluding hydrogens is 443 g/mol. The normalized spacial score (nSPS) is 15.7. The maximum atomic E-state index is 12.3. The monoisotopic (exact) mass is 478 g/mol. The molecule has 26 heavy (non-hydrogen) atoms. The summed E-state index contributed by atoms with van der Waals surface area (Å²) < 4.78 is 5.50. The molecular formula is C19H35IN4O2. The number of halogens is 1. The smallest absolute Gasteiger partial charge is 0.410 e. The second-order valence-electron chi connectivity index (χ2n) is 7.32. The minimum Gasteiger partial charge on any atom is -0.444 e. The summed E-state index contributed by atoms with van der Waals surface area (Å²) in [6.07, 6.45) is 7.15. The number of nitrogens with one attached hydrogen (secondary N) is 1. The summed E-state index contributed by atoms with van der Waals surface area (Å²) in [7, 11) is 0. The van der Waals surface area contributed by atoms with Crippen LogP contribution in [0.2, 0.25) is 0 Å². The highest BCUT2D eigenvalue weighted by Gasteiger charge is 2.27. The molecule has 150 valence electrons. The van der Waals surface area contributed by atoms with Crippen LogP contribution < -0.4 is 5.32 Å². The molecule has 1 fully saturated rings. The first kappa shape index (κ1) is 24.8. The fourth-order valence-corrected chi connectivity index (χ4v) is 2.84. The molecule has 1 heterocycles. The van der Waals surface area contributed by atoms with Crippen molar-refractivity contribution in [3.8, 4) is 12.3 Å². The molecule has 1 N–H and O–H groups in total. The van der Waals surface area contributed by atoms with Crippen LogP contribution in [0, 0.1) is 18.3 Å². The van der Waals surface area contributed by atoms with E-state index in [1.54, 1.807) is 0 Å². The first-order valence-electron chi connectivity index (χ1n) is 9.25. The molecule has 0 bridgehead atoms. The zero-order valence-electron chi connectivity index (χ0n) is 16.9. The molecule has 7 heteroatoms. The lowest BCUT2D eigenvalue weighted by Crippen LogP contribution is -2.47. The Kier molecular flexibility index (Phi) is 11.7. The number of guanidine groups is 1. The van der Waals surface area contributed by atoms with E-state index in [9.17, 15) is 4.79 Å². The van der Waals surface area contributed by atoms with Gasteiger partial charge in [0.25, 0.3) is 0 Å². The molecule has 0 aromatic rings. The van der Waals surface area contributed by atoms with Crippen molar-refractivity contribution in [3.63, 3.8) is 0 Å². The number of hydrogen-bond donors (Lipinski definition) is 1. The van der Waals surface area contributed by atoms with Crippen molar-refractivity contribution < 1.29 is 9.53 Å². The summed E-state index contributed by atoms with van der Waals surface area (Å²) in [6, 6.07) is 0. The Morgan fingerprint density at radius 1 is 1.35 bits per heavy atom. The molecule has 0 spiro atoms. The van der Waals surface area contributed by atoms with Gasteiger partial charge in [-0.25, -0.2) is 9.79 Å². The van der Waals surface area contributed by atoms with Gasteiger partial charge in [-0.15, -0.1) is 30.4 Å². The van der Waals surface area contributed by atoms with E-state index >= 15 is 0 Å². The van der Waals surface area contributed by atoms with Crippen molar-refractivity contribution in [1.82, 2.24) is 15.1 Å². The van der Waals surface area contributed by atoms with Crippen molar-refractivity contribution in [2.24, 2.45) is 10.9 Å². The van der Waals surface area contributed by atoms with Crippen LogP contribution in [0.5, 0.6) is 0 Å². The Morgan fingerprint density at radius 2 is 1.96 bits per heavy atom. The summed E-state index contributed by atoms with van der Waals surface area (Å²) >= 11 is 0. The molecule has 0 aromatic heterocycles. The van der Waals surface area contributed by atoms with E-state index in [-0.39, 0.29) is 30.1 Å². The average molecular weight is 478 g/mol. The number of hydrogen-bond acceptors (Lipinski definition) is 3. The largest absolute Gasteiger partial charge is 0.444 e. The van der Waals surface area contributed by atoms with Gasteiger partial charge in [0.05, 0.1) is 0 Å². The van der Waals surface area contributed by atoms with E-state index < -0.39 is 5.60 Å². The van der Waals surface area contributed by atoms with Gasteiger partial charge >= 0.3 is 6.09 Å². The highest BCUT2D eigenvalue weighted by Crippen LogP contribution is 2.20. The molecule has 1 aliphatic rings. The van der Waals surface area contributed by atoms with Crippen LogP contribution in [0.1, 0.15) is 47.5 Å². The molecule has 1 rings (SSSR count). The molecule has 6 nitrogen and oxygen atoms in total. The van der Waals surface area contributed by atoms with Crippen LogP contribution in [0.15, 0.2) is 4.99 Å². The van der Waals surface area contributed by atoms with Crippen LogP contribution in [0.25, 0.3) is 0 Å². The zero-order chi connectivity index (χ0) is 18.9. The van der Waals surface area contributed by atoms with E-state index in [4.69, 9.17) is 11.2 Å². The second kappa shape index (κ2) is 12.3. The molecule has 1 amide bonds. The van der Waals surface area contributed by atoms with E-state index in [0.717, 1.165) is 45.0 Å². The number of terminal acetylenes is 1. The van der Waals surface area contributed by atoms with Crippen molar-refractivity contribution >= 4 is 36.0 Å². The van der Waals surface area contributed by atoms with Gasteiger partial charge in [0.1, 0.15) is 12.1 Å². The topological polar surface area (TPSA) is 57.2 Å². The molecule has 0 aliphatic carbocycles. The lowest BCUT2D eigenvalue weighted by molar-refractivity contribution is 0.0214. The van der Waals surface area contributed by atoms with Crippen LogP contribution in [0.4, 0.5) is 4.79 Å². The number of piperidine rings is 1. The lowest BCUT2D eigenvalue weighted by Gasteiger charge is -2.36. The highest BCUT2D eigenvalue weighted by atomic mass is 127. The maximum absolute atomic E-state index is 12.3. The first-order chi connectivity index (χ1) is 11.8. The number of likely N-dealkylation sites (tertiary alicyclic amines) is 1. The van der Waals surface area contributed by atoms with Gasteiger partial charge in [-0.2, -0.15) is 0 Å². The van der Waals surface area contributed by atoms with E-state index in [1.165, 1.54) is 0 Å². The van der Waals surface area contributed by atoms with Gasteiger partial charge in [-0.3, -0.25) is 0 Å². The second-order valence-corrected chi connectivity index (χ2v) is 7.32. The van der Waals surface area contributed by atoms with Gasteiger partial charge in [0.2, 0.25) is 0 Å². The number of aliphatic imine (C=N–C) groups is 1. The minimum absolute atomic E-state index is 0. The molecule has 0 radical (unpaired) electrons. The molecule has 0 unspecified atom stereocenters. The van der Waals surface area contributed by atoms with Crippen LogP contribution >= 0.6 is 24.0 Å². The van der Waals surface area contributed by atoms with E-state index in [1.807, 2.05) is 32.6 Å². The third kappa shape index (κ3) is 8.97. The van der Waals surface area contributed by atoms with E-state index in [2.05, 4.69) is 28.1 Å². The molecule has 0 aromatic carbocycles.